The van der Waals surface area contributed by atoms with Crippen molar-refractivity contribution < 1.29 is 27.8 Å². The zero-order valence-corrected chi connectivity index (χ0v) is 17.3. The van der Waals surface area contributed by atoms with Gasteiger partial charge < -0.3 is 15.2 Å². The summed E-state index contributed by atoms with van der Waals surface area (Å²) in [5, 5.41) is 17.7. The number of aliphatic hydroxyl groups is 1. The summed E-state index contributed by atoms with van der Waals surface area (Å²) < 4.78 is 42.1. The number of alkyl halides is 3. The van der Waals surface area contributed by atoms with Crippen LogP contribution in [0.25, 0.3) is 5.69 Å². The van der Waals surface area contributed by atoms with Crippen molar-refractivity contribution in [3.8, 4) is 11.4 Å². The maximum Gasteiger partial charge on any atom is 0.573 e. The third kappa shape index (κ3) is 5.56. The molecule has 6 nitrogen and oxygen atoms in total. The Labute approximate surface area is 181 Å². The molecule has 31 heavy (non-hydrogen) atoms. The van der Waals surface area contributed by atoms with Gasteiger partial charge in [-0.05, 0) is 55.8 Å². The van der Waals surface area contributed by atoms with Gasteiger partial charge in [0.25, 0.3) is 5.91 Å². The van der Waals surface area contributed by atoms with E-state index in [2.05, 4.69) is 15.2 Å². The van der Waals surface area contributed by atoms with Gasteiger partial charge in [0.2, 0.25) is 0 Å². The molecule has 1 unspecified atom stereocenters. The summed E-state index contributed by atoms with van der Waals surface area (Å²) in [4.78, 5) is 12.4. The Bertz CT molecular complexity index is 1060. The Morgan fingerprint density at radius 2 is 1.77 bits per heavy atom. The fourth-order valence-corrected chi connectivity index (χ4v) is 3.05. The van der Waals surface area contributed by atoms with E-state index in [1.54, 1.807) is 35.9 Å². The second kappa shape index (κ2) is 8.99. The number of aryl methyl sites for hydroxylation is 1. The number of aromatic nitrogens is 2. The van der Waals surface area contributed by atoms with Gasteiger partial charge in [0.05, 0.1) is 28.2 Å². The molecule has 0 aliphatic carbocycles. The van der Waals surface area contributed by atoms with Crippen LogP contribution in [0.4, 0.5) is 13.2 Å². The van der Waals surface area contributed by atoms with Crippen LogP contribution in [0.2, 0.25) is 5.02 Å². The van der Waals surface area contributed by atoms with E-state index in [4.69, 9.17) is 11.6 Å². The number of ether oxygens (including phenoxy) is 1. The molecule has 0 aliphatic rings. The predicted molar refractivity (Wildman–Crippen MR) is 108 cm³/mol. The molecule has 2 N–H and O–H groups in total. The van der Waals surface area contributed by atoms with Crippen molar-refractivity contribution in [3.05, 3.63) is 76.1 Å². The number of aliphatic hydroxyl groups excluding tert-OH is 1. The van der Waals surface area contributed by atoms with Gasteiger partial charge in [0.15, 0.2) is 0 Å². The van der Waals surface area contributed by atoms with Crippen LogP contribution in [0, 0.1) is 13.8 Å². The molecule has 1 amide bonds. The molecular weight excluding hydrogens is 435 g/mol. The first-order chi connectivity index (χ1) is 14.5. The van der Waals surface area contributed by atoms with Crippen molar-refractivity contribution in [1.29, 1.82) is 0 Å². The molecule has 0 aliphatic heterocycles. The van der Waals surface area contributed by atoms with Crippen molar-refractivity contribution in [2.75, 3.05) is 6.54 Å². The quantitative estimate of drug-likeness (QED) is 0.576. The average Bonchev–Trinajstić information content (AvgIpc) is 2.98. The van der Waals surface area contributed by atoms with E-state index < -0.39 is 24.1 Å². The maximum absolute atomic E-state index is 12.4. The minimum absolute atomic E-state index is 0.118. The number of benzene rings is 2. The number of hydrogen-bond acceptors (Lipinski definition) is 4. The summed E-state index contributed by atoms with van der Waals surface area (Å²) in [5.41, 5.74) is 2.94. The van der Waals surface area contributed by atoms with Crippen molar-refractivity contribution >= 4 is 17.5 Å². The molecule has 164 valence electrons. The van der Waals surface area contributed by atoms with E-state index in [0.717, 1.165) is 23.5 Å². The largest absolute Gasteiger partial charge is 0.573 e. The number of halogens is 4. The van der Waals surface area contributed by atoms with Crippen LogP contribution in [0.3, 0.4) is 0 Å². The zero-order valence-electron chi connectivity index (χ0n) is 16.6. The van der Waals surface area contributed by atoms with Gasteiger partial charge in [-0.2, -0.15) is 5.10 Å². The number of hydrogen-bond donors (Lipinski definition) is 2. The van der Waals surface area contributed by atoms with Crippen molar-refractivity contribution in [1.82, 2.24) is 15.1 Å². The van der Waals surface area contributed by atoms with Gasteiger partial charge in [-0.3, -0.25) is 4.79 Å². The van der Waals surface area contributed by atoms with Gasteiger partial charge in [0, 0.05) is 12.1 Å². The van der Waals surface area contributed by atoms with Crippen molar-refractivity contribution in [3.63, 3.8) is 0 Å². The van der Waals surface area contributed by atoms with E-state index in [-0.39, 0.29) is 6.54 Å². The summed E-state index contributed by atoms with van der Waals surface area (Å²) in [6, 6.07) is 11.5. The Morgan fingerprint density at radius 1 is 1.16 bits per heavy atom. The second-order valence-corrected chi connectivity index (χ2v) is 7.16. The molecule has 0 saturated carbocycles. The highest BCUT2D eigenvalue weighted by atomic mass is 35.5. The van der Waals surface area contributed by atoms with Gasteiger partial charge in [0.1, 0.15) is 5.75 Å². The highest BCUT2D eigenvalue weighted by Crippen LogP contribution is 2.25. The number of nitrogens with one attached hydrogen (secondary N) is 1. The van der Waals surface area contributed by atoms with E-state index in [1.165, 1.54) is 12.1 Å². The number of nitrogens with zero attached hydrogens (tertiary/aromatic N) is 2. The highest BCUT2D eigenvalue weighted by Gasteiger charge is 2.31. The first kappa shape index (κ1) is 22.6. The molecule has 2 aromatic carbocycles. The number of rotatable bonds is 6. The molecule has 1 atom stereocenters. The first-order valence-corrected chi connectivity index (χ1v) is 9.57. The minimum Gasteiger partial charge on any atom is -0.406 e. The Kier molecular flexibility index (Phi) is 6.56. The lowest BCUT2D eigenvalue weighted by molar-refractivity contribution is -0.274. The smallest absolute Gasteiger partial charge is 0.406 e. The molecule has 10 heteroatoms. The molecule has 0 spiro atoms. The summed E-state index contributed by atoms with van der Waals surface area (Å²) >= 11 is 6.16. The van der Waals surface area contributed by atoms with Crippen LogP contribution >= 0.6 is 11.6 Å². The fraction of sp³-hybridized carbons (Fsp3) is 0.238. The molecule has 3 aromatic rings. The second-order valence-electron chi connectivity index (χ2n) is 6.79. The Hall–Kier alpha value is -3.04. The van der Waals surface area contributed by atoms with E-state index in [0.29, 0.717) is 21.8 Å². The number of amides is 1. The van der Waals surface area contributed by atoms with Crippen molar-refractivity contribution in [2.24, 2.45) is 0 Å². The third-order valence-electron chi connectivity index (χ3n) is 4.53. The van der Waals surface area contributed by atoms with Gasteiger partial charge in [-0.15, -0.1) is 13.2 Å². The van der Waals surface area contributed by atoms with Crippen LogP contribution in [0.5, 0.6) is 5.75 Å². The minimum atomic E-state index is -4.79. The normalized spacial score (nSPS) is 12.5. The monoisotopic (exact) mass is 453 g/mol. The lowest BCUT2D eigenvalue weighted by Gasteiger charge is -2.14. The lowest BCUT2D eigenvalue weighted by atomic mass is 10.1. The Balaban J connectivity index is 1.59. The average molecular weight is 454 g/mol. The number of carbonyl (C=O) groups excluding carboxylic acids is 1. The molecule has 0 fully saturated rings. The zero-order chi connectivity index (χ0) is 22.8. The third-order valence-corrected chi connectivity index (χ3v) is 5.08. The predicted octanol–water partition coefficient (Wildman–Crippen LogP) is 4.50. The Morgan fingerprint density at radius 3 is 2.29 bits per heavy atom. The number of carbonyl (C=O) groups is 1. The van der Waals surface area contributed by atoms with Crippen LogP contribution in [0.15, 0.2) is 48.5 Å². The van der Waals surface area contributed by atoms with Gasteiger partial charge in [-0.1, -0.05) is 23.7 Å². The molecular formula is C21H19ClF3N3O3. The summed E-state index contributed by atoms with van der Waals surface area (Å²) in [5.74, 6) is -0.800. The standard InChI is InChI=1S/C21H19ClF3N3O3/c1-12-19(22)13(2)28(27-12)16-7-3-15(4-8-16)20(30)26-11-18(29)14-5-9-17(10-6-14)31-21(23,24)25/h3-10,18,29H,11H2,1-2H3,(H,26,30). The topological polar surface area (TPSA) is 76.4 Å². The van der Waals surface area contributed by atoms with Gasteiger partial charge in [-0.25, -0.2) is 4.68 Å². The molecule has 1 aromatic heterocycles. The first-order valence-electron chi connectivity index (χ1n) is 9.19. The molecule has 0 bridgehead atoms. The van der Waals surface area contributed by atoms with E-state index >= 15 is 0 Å². The molecule has 3 rings (SSSR count). The summed E-state index contributed by atoms with van der Waals surface area (Å²) in [7, 11) is 0. The SMILES string of the molecule is Cc1nn(-c2ccc(C(=O)NCC(O)c3ccc(OC(F)(F)F)cc3)cc2)c(C)c1Cl. The lowest BCUT2D eigenvalue weighted by Crippen LogP contribution is -2.28. The van der Waals surface area contributed by atoms with Crippen LogP contribution in [0.1, 0.15) is 33.4 Å². The van der Waals surface area contributed by atoms with Crippen LogP contribution < -0.4 is 10.1 Å². The van der Waals surface area contributed by atoms with E-state index in [9.17, 15) is 23.1 Å². The summed E-state index contributed by atoms with van der Waals surface area (Å²) in [6.45, 7) is 3.52. The molecule has 0 saturated heterocycles. The fourth-order valence-electron chi connectivity index (χ4n) is 2.93. The van der Waals surface area contributed by atoms with Gasteiger partial charge >= 0.3 is 6.36 Å². The summed E-state index contributed by atoms with van der Waals surface area (Å²) in [6.07, 6.45) is -5.88. The van der Waals surface area contributed by atoms with Crippen LogP contribution in [-0.2, 0) is 0 Å². The molecule has 1 heterocycles. The highest BCUT2D eigenvalue weighted by molar-refractivity contribution is 6.31. The maximum atomic E-state index is 12.4. The van der Waals surface area contributed by atoms with Crippen molar-refractivity contribution in [2.45, 2.75) is 26.3 Å². The van der Waals surface area contributed by atoms with Crippen LogP contribution in [-0.4, -0.2) is 33.7 Å². The molecule has 0 radical (unpaired) electrons. The van der Waals surface area contributed by atoms with E-state index in [1.807, 2.05) is 6.92 Å².